The average molecular weight is 523 g/mol. The van der Waals surface area contributed by atoms with Crippen molar-refractivity contribution in [2.75, 3.05) is 52.4 Å². The van der Waals surface area contributed by atoms with Crippen LogP contribution < -0.4 is 11.5 Å². The maximum atomic E-state index is 12.4. The van der Waals surface area contributed by atoms with E-state index in [0.29, 0.717) is 30.2 Å². The minimum Gasteiger partial charge on any atom is -0.365 e. The maximum absolute atomic E-state index is 12.4. The fourth-order valence-electron chi connectivity index (χ4n) is 2.28. The topological polar surface area (TPSA) is 95.2 Å². The number of halogens is 1. The third-order valence-corrected chi connectivity index (χ3v) is 3.65. The fourth-order valence-corrected chi connectivity index (χ4v) is 2.28. The Bertz CT molecular complexity index is 537. The molecule has 3 heterocycles. The summed E-state index contributed by atoms with van der Waals surface area (Å²) in [7, 11) is 0. The van der Waals surface area contributed by atoms with Crippen LogP contribution in [-0.4, -0.2) is 78.6 Å². The summed E-state index contributed by atoms with van der Waals surface area (Å²) in [4.78, 5) is 30.5. The van der Waals surface area contributed by atoms with E-state index in [9.17, 15) is 9.59 Å². The average Bonchev–Trinajstić information content (AvgIpc) is 3.30. The molecule has 132 valence electrons. The molecule has 0 bridgehead atoms. The molecule has 23 heavy (non-hydrogen) atoms. The van der Waals surface area contributed by atoms with Gasteiger partial charge in [-0.1, -0.05) is 0 Å². The predicted molar refractivity (Wildman–Crippen MR) is 85.2 cm³/mol. The van der Waals surface area contributed by atoms with Crippen molar-refractivity contribution in [3.63, 3.8) is 0 Å². The molecule has 0 aromatic heterocycles. The van der Waals surface area contributed by atoms with Crippen molar-refractivity contribution in [3.8, 4) is 0 Å². The van der Waals surface area contributed by atoms with Crippen molar-refractivity contribution in [2.24, 2.45) is 11.5 Å². The summed E-state index contributed by atoms with van der Waals surface area (Å²) in [6, 6.07) is 0. The molecule has 7 nitrogen and oxygen atoms in total. The third kappa shape index (κ3) is 4.57. The van der Waals surface area contributed by atoms with E-state index < -0.39 is 0 Å². The number of allylic oxidation sites excluding steroid dienone is 1. The van der Waals surface area contributed by atoms with Crippen LogP contribution in [0.1, 0.15) is 0 Å². The molecule has 4 N–H and O–H groups in total. The first kappa shape index (κ1) is 20.2. The second-order valence-corrected chi connectivity index (χ2v) is 5.46. The summed E-state index contributed by atoms with van der Waals surface area (Å²) < 4.78 is 0. The zero-order valence-electron chi connectivity index (χ0n) is 12.8. The second kappa shape index (κ2) is 8.29. The summed E-state index contributed by atoms with van der Waals surface area (Å²) in [5, 5.41) is 0. The van der Waals surface area contributed by atoms with E-state index in [2.05, 4.69) is 0 Å². The van der Waals surface area contributed by atoms with Crippen LogP contribution in [0.4, 0.5) is 0 Å². The maximum Gasteiger partial charge on any atom is 0.227 e. The first-order valence-electron chi connectivity index (χ1n) is 7.37. The number of nitrogens with zero attached hydrogens (tertiary/aromatic N) is 3. The Kier molecular flexibility index (Phi) is 7.26. The van der Waals surface area contributed by atoms with Crippen LogP contribution >= 0.6 is 12.4 Å². The molecule has 0 aromatic carbocycles. The van der Waals surface area contributed by atoms with E-state index in [1.165, 1.54) is 6.08 Å². The molecule has 4 aliphatic rings. The van der Waals surface area contributed by atoms with Gasteiger partial charge in [-0.3, -0.25) is 9.59 Å². The van der Waals surface area contributed by atoms with Gasteiger partial charge in [-0.25, -0.2) is 0 Å². The summed E-state index contributed by atoms with van der Waals surface area (Å²) in [6.45, 7) is 6.60. The van der Waals surface area contributed by atoms with Crippen molar-refractivity contribution in [1.29, 1.82) is 0 Å². The van der Waals surface area contributed by atoms with Crippen LogP contribution in [0.5, 0.6) is 0 Å². The Morgan fingerprint density at radius 3 is 1.65 bits per heavy atom. The summed E-state index contributed by atoms with van der Waals surface area (Å²) in [5.41, 5.74) is 11.7. The van der Waals surface area contributed by atoms with Crippen LogP contribution in [0.25, 0.3) is 0 Å². The van der Waals surface area contributed by atoms with Crippen molar-refractivity contribution < 1.29 is 30.7 Å². The van der Waals surface area contributed by atoms with Crippen LogP contribution in [0.15, 0.2) is 23.2 Å². The summed E-state index contributed by atoms with van der Waals surface area (Å²) in [5.74, 6) is 0.0485. The summed E-state index contributed by atoms with van der Waals surface area (Å²) in [6.07, 6.45) is 1.52. The molecule has 0 unspecified atom stereocenters. The quantitative estimate of drug-likeness (QED) is 0.343. The molecule has 3 aliphatic heterocycles. The molecule has 1 aliphatic carbocycles. The van der Waals surface area contributed by atoms with E-state index in [-0.39, 0.29) is 45.0 Å². The Labute approximate surface area is 156 Å². The third-order valence-electron chi connectivity index (χ3n) is 3.65. The molecule has 0 atom stereocenters. The van der Waals surface area contributed by atoms with Gasteiger partial charge in [0.2, 0.25) is 11.6 Å². The van der Waals surface area contributed by atoms with Gasteiger partial charge in [0.1, 0.15) is 11.4 Å². The summed E-state index contributed by atoms with van der Waals surface area (Å²) >= 11 is 0. The van der Waals surface area contributed by atoms with Crippen LogP contribution in [0, 0.1) is 0 Å². The van der Waals surface area contributed by atoms with Gasteiger partial charge in [-0.05, 0) is 0 Å². The molecule has 3 fully saturated rings. The van der Waals surface area contributed by atoms with Gasteiger partial charge < -0.3 is 26.2 Å². The van der Waals surface area contributed by atoms with Gasteiger partial charge in [-0.2, -0.15) is 0 Å². The monoisotopic (exact) mass is 522 g/mol. The predicted octanol–water partition coefficient (Wildman–Crippen LogP) is -1.50. The normalized spacial score (nSPS) is 21.0. The first-order valence-corrected chi connectivity index (χ1v) is 7.37. The van der Waals surface area contributed by atoms with Crippen molar-refractivity contribution in [2.45, 2.75) is 0 Å². The van der Waals surface area contributed by atoms with Crippen LogP contribution in [0.3, 0.4) is 0 Å². The molecule has 3 saturated heterocycles. The van der Waals surface area contributed by atoms with Gasteiger partial charge in [-0.15, -0.1) is 12.4 Å². The largest absolute Gasteiger partial charge is 0.365 e. The molecule has 0 amide bonds. The van der Waals surface area contributed by atoms with Crippen molar-refractivity contribution >= 4 is 24.0 Å². The molecular formula is C14H22ClN5O2Pt. The standard InChI is InChI=1S/C12H13N3O2.C2H8N2.ClH.Pt/c16-9-7-8(13-1-2-13)12(17)11(15-5-6-15)10(9)14-3-4-14;3-1-2-4;;/h7H,1-6H2;1-4H2;1H;. The molecule has 0 spiro atoms. The fraction of sp³-hybridized carbons (Fsp3) is 0.571. The second-order valence-electron chi connectivity index (χ2n) is 5.46. The van der Waals surface area contributed by atoms with Crippen LogP contribution in [0.2, 0.25) is 0 Å². The number of ketones is 2. The minimum absolute atomic E-state index is 0. The minimum atomic E-state index is 0. The number of hydrogen-bond donors (Lipinski definition) is 2. The number of hydrogen-bond acceptors (Lipinski definition) is 7. The number of carbonyl (C=O) groups is 2. The molecule has 0 radical (unpaired) electrons. The van der Waals surface area contributed by atoms with Crippen molar-refractivity contribution in [3.05, 3.63) is 23.2 Å². The van der Waals surface area contributed by atoms with Gasteiger partial charge >= 0.3 is 0 Å². The smallest absolute Gasteiger partial charge is 0.227 e. The van der Waals surface area contributed by atoms with E-state index in [1.807, 2.05) is 14.7 Å². The number of Topliss-reactive ketones (excluding diaryl/α,β-unsaturated/α-hetero) is 1. The first-order chi connectivity index (χ1) is 10.2. The van der Waals surface area contributed by atoms with E-state index in [1.54, 1.807) is 0 Å². The number of rotatable bonds is 4. The molecule has 0 aromatic rings. The number of nitrogens with two attached hydrogens (primary N) is 2. The van der Waals surface area contributed by atoms with E-state index in [0.717, 1.165) is 39.3 Å². The molecular weight excluding hydrogens is 501 g/mol. The van der Waals surface area contributed by atoms with Crippen molar-refractivity contribution in [1.82, 2.24) is 14.7 Å². The van der Waals surface area contributed by atoms with Crippen LogP contribution in [-0.2, 0) is 30.7 Å². The van der Waals surface area contributed by atoms with Gasteiger partial charge in [0.05, 0.1) is 5.70 Å². The Morgan fingerprint density at radius 2 is 1.26 bits per heavy atom. The molecule has 9 heteroatoms. The van der Waals surface area contributed by atoms with Gasteiger partial charge in [0.25, 0.3) is 0 Å². The Balaban J connectivity index is 0.000000401. The number of carbonyl (C=O) groups excluding carboxylic acids is 2. The van der Waals surface area contributed by atoms with E-state index >= 15 is 0 Å². The van der Waals surface area contributed by atoms with E-state index in [4.69, 9.17) is 11.5 Å². The zero-order valence-corrected chi connectivity index (χ0v) is 15.9. The van der Waals surface area contributed by atoms with Gasteiger partial charge in [0.15, 0.2) is 0 Å². The Hall–Kier alpha value is -0.882. The molecule has 0 saturated carbocycles. The molecule has 4 rings (SSSR count). The Morgan fingerprint density at radius 1 is 0.826 bits per heavy atom. The SMILES string of the molecule is Cl.NCCN.O=C1C=C(N2CC2)C(=O)C(N2CC2)=C1N1CC1.[Pt]. The van der Waals surface area contributed by atoms with Gasteiger partial charge in [0, 0.05) is 79.5 Å². The zero-order chi connectivity index (χ0) is 15.0.